The van der Waals surface area contributed by atoms with Gasteiger partial charge < -0.3 is 15.2 Å². The number of nitrogens with one attached hydrogen (secondary N) is 1. The molecule has 128 valence electrons. The minimum absolute atomic E-state index is 0.102. The summed E-state index contributed by atoms with van der Waals surface area (Å²) in [5.74, 6) is -0.138. The first-order valence-electron chi connectivity index (χ1n) is 7.49. The van der Waals surface area contributed by atoms with Gasteiger partial charge in [0, 0.05) is 0 Å². The number of carbonyl (C=O) groups excluding carboxylic acids is 1. The lowest BCUT2D eigenvalue weighted by atomic mass is 9.86. The topological polar surface area (TPSA) is 75.6 Å². The van der Waals surface area contributed by atoms with Crippen molar-refractivity contribution in [2.24, 2.45) is 0 Å². The van der Waals surface area contributed by atoms with Crippen molar-refractivity contribution in [1.29, 1.82) is 0 Å². The molecule has 0 aliphatic carbocycles. The number of carboxylic acids is 1. The monoisotopic (exact) mass is 339 g/mol. The average molecular weight is 339 g/mol. The Hall–Kier alpha value is -1.69. The van der Waals surface area contributed by atoms with Crippen LogP contribution in [0, 0.1) is 0 Å². The van der Waals surface area contributed by atoms with E-state index >= 15 is 0 Å². The van der Waals surface area contributed by atoms with Gasteiger partial charge in [-0.25, -0.2) is 4.79 Å². The van der Waals surface area contributed by atoms with E-state index in [2.05, 4.69) is 26.1 Å². The van der Waals surface area contributed by atoms with E-state index < -0.39 is 17.9 Å². The van der Waals surface area contributed by atoms with E-state index in [9.17, 15) is 9.59 Å². The normalized spacial score (nSPS) is 12.5. The fourth-order valence-corrected chi connectivity index (χ4v) is 2.56. The Morgan fingerprint density at radius 3 is 2.52 bits per heavy atom. The van der Waals surface area contributed by atoms with Gasteiger partial charge >= 0.3 is 5.97 Å². The van der Waals surface area contributed by atoms with Gasteiger partial charge in [-0.1, -0.05) is 39.0 Å². The van der Waals surface area contributed by atoms with Gasteiger partial charge in [0.2, 0.25) is 0 Å². The second-order valence-corrected chi connectivity index (χ2v) is 7.26. The van der Waals surface area contributed by atoms with Crippen LogP contribution in [-0.4, -0.2) is 41.6 Å². The number of carbonyl (C=O) groups is 2. The first-order valence-corrected chi connectivity index (χ1v) is 8.88. The van der Waals surface area contributed by atoms with Crippen molar-refractivity contribution in [3.8, 4) is 5.75 Å². The smallest absolute Gasteiger partial charge is 0.326 e. The Labute approximate surface area is 141 Å². The molecule has 1 aromatic rings. The zero-order chi connectivity index (χ0) is 17.5. The van der Waals surface area contributed by atoms with Crippen molar-refractivity contribution in [2.45, 2.75) is 38.6 Å². The number of para-hydroxylation sites is 1. The fraction of sp³-hybridized carbons (Fsp3) is 0.529. The maximum Gasteiger partial charge on any atom is 0.326 e. The zero-order valence-electron chi connectivity index (χ0n) is 14.1. The predicted octanol–water partition coefficient (Wildman–Crippen LogP) is 2.69. The second-order valence-electron chi connectivity index (χ2n) is 6.27. The summed E-state index contributed by atoms with van der Waals surface area (Å²) in [7, 11) is 0. The standard InChI is InChI=1S/C17H25NO4S/c1-17(2,3)12-7-5-6-8-14(12)22-11-15(19)18-13(16(20)21)9-10-23-4/h5-8,13H,9-11H2,1-4H3,(H,18,19)(H,20,21)/t13-/m0/s1. The first-order chi connectivity index (χ1) is 10.8. The number of carboxylic acid groups (broad SMARTS) is 1. The molecule has 0 aliphatic heterocycles. The molecule has 0 heterocycles. The van der Waals surface area contributed by atoms with Gasteiger partial charge in [-0.05, 0) is 35.5 Å². The molecule has 0 radical (unpaired) electrons. The van der Waals surface area contributed by atoms with Gasteiger partial charge in [0.15, 0.2) is 6.61 Å². The van der Waals surface area contributed by atoms with Crippen LogP contribution in [0.15, 0.2) is 24.3 Å². The minimum Gasteiger partial charge on any atom is -0.483 e. The summed E-state index contributed by atoms with van der Waals surface area (Å²) < 4.78 is 5.60. The minimum atomic E-state index is -1.03. The predicted molar refractivity (Wildman–Crippen MR) is 93.2 cm³/mol. The molecule has 6 heteroatoms. The highest BCUT2D eigenvalue weighted by Gasteiger charge is 2.21. The van der Waals surface area contributed by atoms with Crippen LogP contribution >= 0.6 is 11.8 Å². The van der Waals surface area contributed by atoms with Crippen LogP contribution in [0.5, 0.6) is 5.75 Å². The SMILES string of the molecule is CSCC[C@H](NC(=O)COc1ccccc1C(C)(C)C)C(=O)O. The Morgan fingerprint density at radius 2 is 1.96 bits per heavy atom. The van der Waals surface area contributed by atoms with E-state index in [0.717, 1.165) is 5.56 Å². The maximum absolute atomic E-state index is 11.9. The lowest BCUT2D eigenvalue weighted by molar-refractivity contribution is -0.142. The van der Waals surface area contributed by atoms with Gasteiger partial charge in [-0.2, -0.15) is 11.8 Å². The highest BCUT2D eigenvalue weighted by Crippen LogP contribution is 2.30. The third kappa shape index (κ3) is 6.52. The molecule has 0 bridgehead atoms. The molecular formula is C17H25NO4S. The van der Waals surface area contributed by atoms with Crippen molar-refractivity contribution >= 4 is 23.6 Å². The largest absolute Gasteiger partial charge is 0.483 e. The van der Waals surface area contributed by atoms with Gasteiger partial charge in [-0.15, -0.1) is 0 Å². The number of thioether (sulfide) groups is 1. The van der Waals surface area contributed by atoms with E-state index in [4.69, 9.17) is 9.84 Å². The molecule has 0 aliphatic rings. The number of rotatable bonds is 8. The average Bonchev–Trinajstić information content (AvgIpc) is 2.48. The van der Waals surface area contributed by atoms with E-state index in [1.54, 1.807) is 11.8 Å². The molecule has 1 amide bonds. The first kappa shape index (κ1) is 19.4. The molecular weight excluding hydrogens is 314 g/mol. The lowest BCUT2D eigenvalue weighted by Gasteiger charge is -2.22. The molecule has 0 saturated carbocycles. The number of aliphatic carboxylic acids is 1. The van der Waals surface area contributed by atoms with Crippen LogP contribution in [0.2, 0.25) is 0 Å². The summed E-state index contributed by atoms with van der Waals surface area (Å²) in [6, 6.07) is 6.68. The van der Waals surface area contributed by atoms with Crippen LogP contribution in [0.25, 0.3) is 0 Å². The molecule has 1 rings (SSSR count). The van der Waals surface area contributed by atoms with E-state index in [0.29, 0.717) is 17.9 Å². The molecule has 0 fully saturated rings. The summed E-state index contributed by atoms with van der Waals surface area (Å²) in [5, 5.41) is 11.6. The van der Waals surface area contributed by atoms with Crippen molar-refractivity contribution in [1.82, 2.24) is 5.32 Å². The van der Waals surface area contributed by atoms with Crippen LogP contribution < -0.4 is 10.1 Å². The zero-order valence-corrected chi connectivity index (χ0v) is 14.9. The van der Waals surface area contributed by atoms with Crippen molar-refractivity contribution < 1.29 is 19.4 Å². The Morgan fingerprint density at radius 1 is 1.30 bits per heavy atom. The summed E-state index contributed by atoms with van der Waals surface area (Å²) in [4.78, 5) is 23.1. The number of benzene rings is 1. The highest BCUT2D eigenvalue weighted by molar-refractivity contribution is 7.98. The molecule has 0 saturated heterocycles. The number of amides is 1. The van der Waals surface area contributed by atoms with E-state index in [-0.39, 0.29) is 12.0 Å². The molecule has 1 aromatic carbocycles. The van der Waals surface area contributed by atoms with Gasteiger partial charge in [-0.3, -0.25) is 4.79 Å². The Bertz CT molecular complexity index is 540. The molecule has 23 heavy (non-hydrogen) atoms. The molecule has 0 spiro atoms. The molecule has 2 N–H and O–H groups in total. The maximum atomic E-state index is 11.9. The summed E-state index contributed by atoms with van der Waals surface area (Å²) >= 11 is 1.54. The molecule has 5 nitrogen and oxygen atoms in total. The third-order valence-electron chi connectivity index (χ3n) is 3.30. The van der Waals surface area contributed by atoms with Gasteiger partial charge in [0.1, 0.15) is 11.8 Å². The second kappa shape index (κ2) is 8.82. The van der Waals surface area contributed by atoms with Crippen LogP contribution in [0.3, 0.4) is 0 Å². The molecule has 0 aromatic heterocycles. The number of ether oxygens (including phenoxy) is 1. The van der Waals surface area contributed by atoms with Gasteiger partial charge in [0.05, 0.1) is 0 Å². The molecule has 1 atom stereocenters. The van der Waals surface area contributed by atoms with Crippen molar-refractivity contribution in [3.05, 3.63) is 29.8 Å². The van der Waals surface area contributed by atoms with Crippen LogP contribution in [0.1, 0.15) is 32.8 Å². The Kier molecular flexibility index (Phi) is 7.42. The van der Waals surface area contributed by atoms with Crippen LogP contribution in [-0.2, 0) is 15.0 Å². The Balaban J connectivity index is 2.64. The third-order valence-corrected chi connectivity index (χ3v) is 3.94. The summed E-state index contributed by atoms with van der Waals surface area (Å²) in [6.07, 6.45) is 2.29. The van der Waals surface area contributed by atoms with Crippen LogP contribution in [0.4, 0.5) is 0 Å². The van der Waals surface area contributed by atoms with Crippen molar-refractivity contribution in [3.63, 3.8) is 0 Å². The van der Waals surface area contributed by atoms with Gasteiger partial charge in [0.25, 0.3) is 5.91 Å². The van der Waals surface area contributed by atoms with Crippen molar-refractivity contribution in [2.75, 3.05) is 18.6 Å². The van der Waals surface area contributed by atoms with E-state index in [1.165, 1.54) is 0 Å². The highest BCUT2D eigenvalue weighted by atomic mass is 32.2. The summed E-state index contributed by atoms with van der Waals surface area (Å²) in [6.45, 7) is 6.00. The quantitative estimate of drug-likeness (QED) is 0.761. The fourth-order valence-electron chi connectivity index (χ4n) is 2.08. The summed E-state index contributed by atoms with van der Waals surface area (Å²) in [5.41, 5.74) is 0.902. The number of hydrogen-bond acceptors (Lipinski definition) is 4. The number of hydrogen-bond donors (Lipinski definition) is 2. The van der Waals surface area contributed by atoms with E-state index in [1.807, 2.05) is 30.5 Å². The lowest BCUT2D eigenvalue weighted by Crippen LogP contribution is -2.43. The molecule has 0 unspecified atom stereocenters.